The standard InChI is InChI=1S/C10H11N3O2/c1-13-9-3-2-7(5-11-6-14)4-8(9)10(15)12-13/h2-4,6H,5H2,1H3,(H,11,14)(H,12,15). The molecule has 0 atom stereocenters. The molecule has 5 heteroatoms. The Morgan fingerprint density at radius 1 is 1.53 bits per heavy atom. The normalized spacial score (nSPS) is 10.5. The van der Waals surface area contributed by atoms with E-state index in [4.69, 9.17) is 0 Å². The van der Waals surface area contributed by atoms with Gasteiger partial charge in [-0.25, -0.2) is 0 Å². The number of aromatic nitrogens is 2. The fraction of sp³-hybridized carbons (Fsp3) is 0.200. The van der Waals surface area contributed by atoms with E-state index in [1.54, 1.807) is 17.8 Å². The summed E-state index contributed by atoms with van der Waals surface area (Å²) >= 11 is 0. The molecule has 1 amide bonds. The van der Waals surface area contributed by atoms with Crippen LogP contribution in [0.25, 0.3) is 10.9 Å². The Morgan fingerprint density at radius 2 is 2.33 bits per heavy atom. The van der Waals surface area contributed by atoms with Crippen LogP contribution >= 0.6 is 0 Å². The smallest absolute Gasteiger partial charge is 0.271 e. The van der Waals surface area contributed by atoms with Gasteiger partial charge in [0, 0.05) is 13.6 Å². The van der Waals surface area contributed by atoms with Crippen molar-refractivity contribution in [2.75, 3.05) is 0 Å². The molecule has 0 aliphatic carbocycles. The summed E-state index contributed by atoms with van der Waals surface area (Å²) in [6.45, 7) is 0.438. The summed E-state index contributed by atoms with van der Waals surface area (Å²) in [5.74, 6) is 0. The predicted molar refractivity (Wildman–Crippen MR) is 56.4 cm³/mol. The summed E-state index contributed by atoms with van der Waals surface area (Å²) in [5, 5.41) is 5.87. The average molecular weight is 205 g/mol. The van der Waals surface area contributed by atoms with Gasteiger partial charge in [0.1, 0.15) is 0 Å². The van der Waals surface area contributed by atoms with E-state index in [0.29, 0.717) is 18.3 Å². The Bertz CT molecular complexity index is 553. The molecule has 15 heavy (non-hydrogen) atoms. The Kier molecular flexibility index (Phi) is 2.29. The summed E-state index contributed by atoms with van der Waals surface area (Å²) < 4.78 is 1.68. The van der Waals surface area contributed by atoms with Crippen LogP contribution in [0, 0.1) is 0 Å². The van der Waals surface area contributed by atoms with Crippen molar-refractivity contribution in [3.63, 3.8) is 0 Å². The zero-order chi connectivity index (χ0) is 10.8. The van der Waals surface area contributed by atoms with E-state index in [1.165, 1.54) is 0 Å². The minimum atomic E-state index is -0.111. The monoisotopic (exact) mass is 205 g/mol. The minimum Gasteiger partial charge on any atom is -0.355 e. The third-order valence-corrected chi connectivity index (χ3v) is 2.33. The van der Waals surface area contributed by atoms with Gasteiger partial charge < -0.3 is 5.32 Å². The van der Waals surface area contributed by atoms with Gasteiger partial charge in [-0.1, -0.05) is 6.07 Å². The number of benzene rings is 1. The van der Waals surface area contributed by atoms with E-state index >= 15 is 0 Å². The number of hydrogen-bond acceptors (Lipinski definition) is 2. The third-order valence-electron chi connectivity index (χ3n) is 2.33. The molecule has 1 aromatic carbocycles. The molecule has 0 radical (unpaired) electrons. The summed E-state index contributed by atoms with van der Waals surface area (Å²) in [5.41, 5.74) is 1.65. The number of aryl methyl sites for hydroxylation is 1. The van der Waals surface area contributed by atoms with Crippen LogP contribution in [0.3, 0.4) is 0 Å². The van der Waals surface area contributed by atoms with Crippen molar-refractivity contribution in [1.82, 2.24) is 15.1 Å². The number of hydrogen-bond donors (Lipinski definition) is 2. The maximum Gasteiger partial charge on any atom is 0.271 e. The van der Waals surface area contributed by atoms with Gasteiger partial charge >= 0.3 is 0 Å². The highest BCUT2D eigenvalue weighted by molar-refractivity contribution is 5.79. The fourth-order valence-electron chi connectivity index (χ4n) is 1.60. The number of nitrogens with one attached hydrogen (secondary N) is 2. The summed E-state index contributed by atoms with van der Waals surface area (Å²) in [6, 6.07) is 5.52. The van der Waals surface area contributed by atoms with E-state index in [0.717, 1.165) is 11.1 Å². The summed E-state index contributed by atoms with van der Waals surface area (Å²) in [7, 11) is 1.78. The van der Waals surface area contributed by atoms with Gasteiger partial charge in [0.2, 0.25) is 6.41 Å². The zero-order valence-electron chi connectivity index (χ0n) is 8.28. The molecule has 2 aromatic rings. The number of H-pyrrole nitrogens is 1. The highest BCUT2D eigenvalue weighted by Crippen LogP contribution is 2.11. The van der Waals surface area contributed by atoms with Crippen LogP contribution in [0.2, 0.25) is 0 Å². The summed E-state index contributed by atoms with van der Waals surface area (Å²) in [6.07, 6.45) is 0.638. The molecule has 0 saturated carbocycles. The number of nitrogens with zero attached hydrogens (tertiary/aromatic N) is 1. The second-order valence-electron chi connectivity index (χ2n) is 3.35. The molecule has 2 N–H and O–H groups in total. The predicted octanol–water partition coefficient (Wildman–Crippen LogP) is 0.113. The number of fused-ring (bicyclic) bond motifs is 1. The maximum absolute atomic E-state index is 11.5. The highest BCUT2D eigenvalue weighted by Gasteiger charge is 2.04. The van der Waals surface area contributed by atoms with Crippen LogP contribution in [0.5, 0.6) is 0 Å². The van der Waals surface area contributed by atoms with Crippen LogP contribution in [-0.4, -0.2) is 16.2 Å². The highest BCUT2D eigenvalue weighted by atomic mass is 16.1. The van der Waals surface area contributed by atoms with Gasteiger partial charge in [-0.2, -0.15) is 0 Å². The lowest BCUT2D eigenvalue weighted by Crippen LogP contribution is -2.09. The quantitative estimate of drug-likeness (QED) is 0.698. The van der Waals surface area contributed by atoms with Gasteiger partial charge in [0.25, 0.3) is 5.56 Å². The maximum atomic E-state index is 11.5. The third kappa shape index (κ3) is 1.63. The first kappa shape index (κ1) is 9.51. The fourth-order valence-corrected chi connectivity index (χ4v) is 1.60. The van der Waals surface area contributed by atoms with Crippen LogP contribution in [0.1, 0.15) is 5.56 Å². The molecule has 0 aliphatic heterocycles. The van der Waals surface area contributed by atoms with Gasteiger partial charge in [-0.15, -0.1) is 0 Å². The first-order chi connectivity index (χ1) is 7.22. The zero-order valence-corrected chi connectivity index (χ0v) is 8.28. The van der Waals surface area contributed by atoms with Crippen LogP contribution in [0.4, 0.5) is 0 Å². The lowest BCUT2D eigenvalue weighted by atomic mass is 10.1. The number of aromatic amines is 1. The van der Waals surface area contributed by atoms with E-state index in [1.807, 2.05) is 12.1 Å². The van der Waals surface area contributed by atoms with Crippen LogP contribution in [0.15, 0.2) is 23.0 Å². The molecule has 0 saturated heterocycles. The minimum absolute atomic E-state index is 0.111. The molecule has 5 nitrogen and oxygen atoms in total. The van der Waals surface area contributed by atoms with Crippen molar-refractivity contribution >= 4 is 17.3 Å². The molecule has 1 aromatic heterocycles. The number of rotatable bonds is 3. The lowest BCUT2D eigenvalue weighted by Gasteiger charge is -2.00. The van der Waals surface area contributed by atoms with E-state index in [9.17, 15) is 9.59 Å². The largest absolute Gasteiger partial charge is 0.355 e. The van der Waals surface area contributed by atoms with Crippen molar-refractivity contribution < 1.29 is 4.79 Å². The van der Waals surface area contributed by atoms with Crippen LogP contribution in [-0.2, 0) is 18.4 Å². The van der Waals surface area contributed by atoms with E-state index in [2.05, 4.69) is 10.4 Å². The van der Waals surface area contributed by atoms with Crippen molar-refractivity contribution in [2.45, 2.75) is 6.54 Å². The Balaban J connectivity index is 2.50. The van der Waals surface area contributed by atoms with Gasteiger partial charge in [-0.05, 0) is 17.7 Å². The second kappa shape index (κ2) is 3.61. The molecular weight excluding hydrogens is 194 g/mol. The second-order valence-corrected chi connectivity index (χ2v) is 3.35. The number of carbonyl (C=O) groups is 1. The van der Waals surface area contributed by atoms with Crippen molar-refractivity contribution in [2.24, 2.45) is 7.05 Å². The van der Waals surface area contributed by atoms with Gasteiger partial charge in [0.15, 0.2) is 0 Å². The van der Waals surface area contributed by atoms with E-state index in [-0.39, 0.29) is 5.56 Å². The Morgan fingerprint density at radius 3 is 3.07 bits per heavy atom. The van der Waals surface area contributed by atoms with Crippen molar-refractivity contribution in [1.29, 1.82) is 0 Å². The van der Waals surface area contributed by atoms with E-state index < -0.39 is 0 Å². The molecular formula is C10H11N3O2. The Hall–Kier alpha value is -2.04. The number of amides is 1. The first-order valence-corrected chi connectivity index (χ1v) is 4.57. The molecule has 0 unspecified atom stereocenters. The molecule has 0 spiro atoms. The summed E-state index contributed by atoms with van der Waals surface area (Å²) in [4.78, 5) is 21.6. The molecule has 0 aliphatic rings. The van der Waals surface area contributed by atoms with Crippen LogP contribution < -0.4 is 10.9 Å². The molecule has 2 rings (SSSR count). The topological polar surface area (TPSA) is 66.9 Å². The number of carbonyl (C=O) groups excluding carboxylic acids is 1. The van der Waals surface area contributed by atoms with Crippen molar-refractivity contribution in [3.8, 4) is 0 Å². The Labute approximate surface area is 85.7 Å². The molecule has 78 valence electrons. The van der Waals surface area contributed by atoms with Gasteiger partial charge in [0.05, 0.1) is 10.9 Å². The van der Waals surface area contributed by atoms with Gasteiger partial charge in [-0.3, -0.25) is 19.4 Å². The molecule has 0 fully saturated rings. The lowest BCUT2D eigenvalue weighted by molar-refractivity contribution is -0.109. The molecule has 1 heterocycles. The van der Waals surface area contributed by atoms with Crippen molar-refractivity contribution in [3.05, 3.63) is 34.1 Å². The SMILES string of the molecule is Cn1[nH]c(=O)c2cc(CNC=O)ccc21. The molecule has 0 bridgehead atoms. The average Bonchev–Trinajstić information content (AvgIpc) is 2.52. The first-order valence-electron chi connectivity index (χ1n) is 4.57.